The Kier molecular flexibility index (Phi) is 6.03. The van der Waals surface area contributed by atoms with Gasteiger partial charge in [0.05, 0.1) is 36.7 Å². The lowest BCUT2D eigenvalue weighted by Crippen LogP contribution is -2.14. The van der Waals surface area contributed by atoms with E-state index in [4.69, 9.17) is 9.47 Å². The quantitative estimate of drug-likeness (QED) is 0.618. The van der Waals surface area contributed by atoms with Crippen LogP contribution in [0.4, 0.5) is 17.3 Å². The number of aromatic nitrogens is 2. The van der Waals surface area contributed by atoms with E-state index < -0.39 is 5.97 Å². The number of amides is 1. The van der Waals surface area contributed by atoms with Crippen LogP contribution in [0, 0.1) is 6.92 Å². The number of nitrogens with one attached hydrogen (secondary N) is 2. The van der Waals surface area contributed by atoms with Crippen molar-refractivity contribution in [2.75, 3.05) is 24.9 Å². The van der Waals surface area contributed by atoms with Crippen LogP contribution in [-0.2, 0) is 4.74 Å². The van der Waals surface area contributed by atoms with Crippen molar-refractivity contribution >= 4 is 29.2 Å². The Labute approximate surface area is 167 Å². The minimum atomic E-state index is -0.476. The van der Waals surface area contributed by atoms with Gasteiger partial charge in [-0.25, -0.2) is 14.8 Å². The monoisotopic (exact) mass is 392 g/mol. The summed E-state index contributed by atoms with van der Waals surface area (Å²) in [5, 5.41) is 5.75. The predicted octanol–water partition coefficient (Wildman–Crippen LogP) is 3.58. The topological polar surface area (TPSA) is 102 Å². The van der Waals surface area contributed by atoms with Gasteiger partial charge in [-0.2, -0.15) is 0 Å². The first-order chi connectivity index (χ1) is 14.0. The molecule has 29 heavy (non-hydrogen) atoms. The maximum absolute atomic E-state index is 12.5. The summed E-state index contributed by atoms with van der Waals surface area (Å²) in [6.07, 6.45) is 2.79. The Balaban J connectivity index is 1.75. The highest BCUT2D eigenvalue weighted by Crippen LogP contribution is 2.26. The third-order valence-electron chi connectivity index (χ3n) is 4.10. The Morgan fingerprint density at radius 3 is 2.38 bits per heavy atom. The van der Waals surface area contributed by atoms with Crippen molar-refractivity contribution in [2.45, 2.75) is 6.92 Å². The standard InChI is InChI=1S/C21H20N4O4/c1-13-8-9-18(28-2)17(10-13)24-19(26)14-11-22-21(23-12-14)25-16-7-5-4-6-15(16)20(27)29-3/h4-12H,1-3H3,(H,24,26)(H,22,23,25). The second-order valence-electron chi connectivity index (χ2n) is 6.12. The fraction of sp³-hybridized carbons (Fsp3) is 0.143. The van der Waals surface area contributed by atoms with Crippen LogP contribution in [0.25, 0.3) is 0 Å². The van der Waals surface area contributed by atoms with E-state index in [1.165, 1.54) is 26.6 Å². The molecule has 0 radical (unpaired) electrons. The van der Waals surface area contributed by atoms with Gasteiger partial charge >= 0.3 is 5.97 Å². The Morgan fingerprint density at radius 2 is 1.69 bits per heavy atom. The summed E-state index contributed by atoms with van der Waals surface area (Å²) in [6.45, 7) is 1.92. The zero-order chi connectivity index (χ0) is 20.8. The molecule has 0 bridgehead atoms. The van der Waals surface area contributed by atoms with Crippen molar-refractivity contribution < 1.29 is 19.1 Å². The second-order valence-corrected chi connectivity index (χ2v) is 6.12. The average molecular weight is 392 g/mol. The first-order valence-electron chi connectivity index (χ1n) is 8.74. The average Bonchev–Trinajstić information content (AvgIpc) is 2.74. The van der Waals surface area contributed by atoms with E-state index >= 15 is 0 Å². The number of carbonyl (C=O) groups excluding carboxylic acids is 2. The van der Waals surface area contributed by atoms with Gasteiger partial charge in [0, 0.05) is 12.4 Å². The summed E-state index contributed by atoms with van der Waals surface area (Å²) in [6, 6.07) is 12.3. The first-order valence-corrected chi connectivity index (χ1v) is 8.74. The molecule has 2 aromatic carbocycles. The van der Waals surface area contributed by atoms with Crippen LogP contribution in [-0.4, -0.2) is 36.1 Å². The van der Waals surface area contributed by atoms with Gasteiger partial charge in [-0.3, -0.25) is 4.79 Å². The molecule has 0 aliphatic rings. The van der Waals surface area contributed by atoms with Gasteiger partial charge in [0.1, 0.15) is 5.75 Å². The Bertz CT molecular complexity index is 1040. The van der Waals surface area contributed by atoms with Gasteiger partial charge in [-0.1, -0.05) is 18.2 Å². The normalized spacial score (nSPS) is 10.2. The van der Waals surface area contributed by atoms with Crippen molar-refractivity contribution in [3.8, 4) is 5.75 Å². The molecule has 1 aromatic heterocycles. The largest absolute Gasteiger partial charge is 0.495 e. The molecule has 8 nitrogen and oxygen atoms in total. The maximum Gasteiger partial charge on any atom is 0.339 e. The zero-order valence-electron chi connectivity index (χ0n) is 16.2. The number of nitrogens with zero attached hydrogens (tertiary/aromatic N) is 2. The van der Waals surface area contributed by atoms with E-state index in [0.717, 1.165) is 5.56 Å². The number of rotatable bonds is 6. The number of ether oxygens (including phenoxy) is 2. The number of carbonyl (C=O) groups is 2. The molecule has 0 atom stereocenters. The van der Waals surface area contributed by atoms with Crippen LogP contribution >= 0.6 is 0 Å². The number of esters is 1. The van der Waals surface area contributed by atoms with Crippen LogP contribution in [0.3, 0.4) is 0 Å². The Hall–Kier alpha value is -3.94. The smallest absolute Gasteiger partial charge is 0.339 e. The van der Waals surface area contributed by atoms with Crippen molar-refractivity contribution in [3.63, 3.8) is 0 Å². The van der Waals surface area contributed by atoms with E-state index in [1.54, 1.807) is 30.3 Å². The maximum atomic E-state index is 12.5. The van der Waals surface area contributed by atoms with Gasteiger partial charge in [-0.15, -0.1) is 0 Å². The predicted molar refractivity (Wildman–Crippen MR) is 109 cm³/mol. The Morgan fingerprint density at radius 1 is 0.966 bits per heavy atom. The van der Waals surface area contributed by atoms with E-state index in [2.05, 4.69) is 20.6 Å². The highest BCUT2D eigenvalue weighted by Gasteiger charge is 2.14. The third-order valence-corrected chi connectivity index (χ3v) is 4.10. The molecule has 2 N–H and O–H groups in total. The molecule has 0 spiro atoms. The van der Waals surface area contributed by atoms with Gasteiger partial charge in [0.15, 0.2) is 0 Å². The minimum Gasteiger partial charge on any atom is -0.495 e. The molecular formula is C21H20N4O4. The number of benzene rings is 2. The third kappa shape index (κ3) is 4.67. The summed E-state index contributed by atoms with van der Waals surface area (Å²) >= 11 is 0. The molecule has 8 heteroatoms. The molecule has 0 unspecified atom stereocenters. The molecular weight excluding hydrogens is 372 g/mol. The molecule has 3 aromatic rings. The van der Waals surface area contributed by atoms with Gasteiger partial charge in [0.25, 0.3) is 5.91 Å². The summed E-state index contributed by atoms with van der Waals surface area (Å²) in [7, 11) is 2.85. The summed E-state index contributed by atoms with van der Waals surface area (Å²) in [5.74, 6) is -0.0415. The van der Waals surface area contributed by atoms with Crippen molar-refractivity contribution in [1.82, 2.24) is 9.97 Å². The molecule has 148 valence electrons. The van der Waals surface area contributed by atoms with Crippen LogP contribution in [0.15, 0.2) is 54.9 Å². The van der Waals surface area contributed by atoms with Crippen LogP contribution in [0.5, 0.6) is 5.75 Å². The fourth-order valence-electron chi connectivity index (χ4n) is 2.62. The molecule has 1 heterocycles. The van der Waals surface area contributed by atoms with Crippen LogP contribution < -0.4 is 15.4 Å². The molecule has 0 saturated carbocycles. The van der Waals surface area contributed by atoms with E-state index in [-0.39, 0.29) is 17.4 Å². The lowest BCUT2D eigenvalue weighted by Gasteiger charge is -2.11. The SMILES string of the molecule is COC(=O)c1ccccc1Nc1ncc(C(=O)Nc2cc(C)ccc2OC)cn1. The number of hydrogen-bond acceptors (Lipinski definition) is 7. The zero-order valence-corrected chi connectivity index (χ0v) is 16.2. The lowest BCUT2D eigenvalue weighted by molar-refractivity contribution is 0.0601. The highest BCUT2D eigenvalue weighted by molar-refractivity contribution is 6.04. The van der Waals surface area contributed by atoms with Gasteiger partial charge in [-0.05, 0) is 36.8 Å². The van der Waals surface area contributed by atoms with Crippen LogP contribution in [0.1, 0.15) is 26.3 Å². The molecule has 1 amide bonds. The number of hydrogen-bond donors (Lipinski definition) is 2. The summed E-state index contributed by atoms with van der Waals surface area (Å²) in [4.78, 5) is 32.7. The van der Waals surface area contributed by atoms with Crippen molar-refractivity contribution in [1.29, 1.82) is 0 Å². The van der Waals surface area contributed by atoms with Gasteiger partial charge < -0.3 is 20.1 Å². The number of anilines is 3. The number of aryl methyl sites for hydroxylation is 1. The van der Waals surface area contributed by atoms with Crippen LogP contribution in [0.2, 0.25) is 0 Å². The fourth-order valence-corrected chi connectivity index (χ4v) is 2.62. The van der Waals surface area contributed by atoms with E-state index in [9.17, 15) is 9.59 Å². The minimum absolute atomic E-state index is 0.242. The molecule has 0 aliphatic heterocycles. The number of para-hydroxylation sites is 1. The molecule has 0 saturated heterocycles. The summed E-state index contributed by atoms with van der Waals surface area (Å²) < 4.78 is 10.0. The number of methoxy groups -OCH3 is 2. The second kappa shape index (κ2) is 8.83. The van der Waals surface area contributed by atoms with Crippen molar-refractivity contribution in [3.05, 3.63) is 71.5 Å². The summed E-state index contributed by atoms with van der Waals surface area (Å²) in [5.41, 5.74) is 2.68. The highest BCUT2D eigenvalue weighted by atomic mass is 16.5. The molecule has 0 fully saturated rings. The van der Waals surface area contributed by atoms with Gasteiger partial charge in [0.2, 0.25) is 5.95 Å². The van der Waals surface area contributed by atoms with E-state index in [1.807, 2.05) is 19.1 Å². The first kappa shape index (κ1) is 19.8. The molecule has 0 aliphatic carbocycles. The lowest BCUT2D eigenvalue weighted by atomic mass is 10.2. The molecule has 3 rings (SSSR count). The van der Waals surface area contributed by atoms with E-state index in [0.29, 0.717) is 22.7 Å². The van der Waals surface area contributed by atoms with Crippen molar-refractivity contribution in [2.24, 2.45) is 0 Å².